The van der Waals surface area contributed by atoms with Gasteiger partial charge in [-0.1, -0.05) is 67.6 Å². The predicted octanol–water partition coefficient (Wildman–Crippen LogP) is 6.70. The highest BCUT2D eigenvalue weighted by molar-refractivity contribution is 7.98. The van der Waals surface area contributed by atoms with Crippen molar-refractivity contribution in [2.75, 3.05) is 24.7 Å². The summed E-state index contributed by atoms with van der Waals surface area (Å²) >= 11 is 1.66. The smallest absolute Gasteiger partial charge is 0.322 e. The first-order chi connectivity index (χ1) is 17.5. The molecule has 190 valence electrons. The van der Waals surface area contributed by atoms with Crippen LogP contribution in [0.1, 0.15) is 37.8 Å². The number of urea groups is 1. The molecule has 3 rings (SSSR count). The third-order valence-electron chi connectivity index (χ3n) is 6.37. The minimum atomic E-state index is -0.173. The largest absolute Gasteiger partial charge is 0.338 e. The molecule has 0 saturated carbocycles. The minimum absolute atomic E-state index is 0.0233. The van der Waals surface area contributed by atoms with Crippen LogP contribution in [0.15, 0.2) is 89.8 Å². The summed E-state index contributed by atoms with van der Waals surface area (Å²) in [4.78, 5) is 31.4. The van der Waals surface area contributed by atoms with Crippen molar-refractivity contribution >= 4 is 29.4 Å². The van der Waals surface area contributed by atoms with Crippen LogP contribution >= 0.6 is 11.8 Å². The molecule has 0 aliphatic heterocycles. The lowest BCUT2D eigenvalue weighted by Crippen LogP contribution is -2.44. The van der Waals surface area contributed by atoms with Crippen LogP contribution < -0.4 is 5.32 Å². The fourth-order valence-corrected chi connectivity index (χ4v) is 4.40. The van der Waals surface area contributed by atoms with Gasteiger partial charge in [0, 0.05) is 42.7 Å². The van der Waals surface area contributed by atoms with E-state index in [9.17, 15) is 9.59 Å². The molecule has 3 aromatic rings. The van der Waals surface area contributed by atoms with E-state index in [-0.39, 0.29) is 24.4 Å². The minimum Gasteiger partial charge on any atom is -0.338 e. The van der Waals surface area contributed by atoms with Gasteiger partial charge in [0.2, 0.25) is 5.91 Å². The number of nitrogens with one attached hydrogen (secondary N) is 1. The average Bonchev–Trinajstić information content (AvgIpc) is 2.92. The number of amides is 3. The van der Waals surface area contributed by atoms with Crippen molar-refractivity contribution in [3.63, 3.8) is 0 Å². The zero-order chi connectivity index (χ0) is 25.8. The Morgan fingerprint density at radius 2 is 1.47 bits per heavy atom. The van der Waals surface area contributed by atoms with Gasteiger partial charge >= 0.3 is 6.03 Å². The van der Waals surface area contributed by atoms with Crippen LogP contribution in [-0.2, 0) is 17.8 Å². The first-order valence-electron chi connectivity index (χ1n) is 12.6. The summed E-state index contributed by atoms with van der Waals surface area (Å²) in [5.41, 5.74) is 3.06. The summed E-state index contributed by atoms with van der Waals surface area (Å²) in [7, 11) is 0. The van der Waals surface area contributed by atoms with Gasteiger partial charge in [-0.15, -0.1) is 11.8 Å². The first-order valence-corrected chi connectivity index (χ1v) is 13.8. The van der Waals surface area contributed by atoms with E-state index in [2.05, 4.69) is 24.4 Å². The van der Waals surface area contributed by atoms with Crippen molar-refractivity contribution < 1.29 is 9.59 Å². The van der Waals surface area contributed by atoms with Crippen LogP contribution in [0.4, 0.5) is 10.5 Å². The highest BCUT2D eigenvalue weighted by Crippen LogP contribution is 2.19. The van der Waals surface area contributed by atoms with Crippen molar-refractivity contribution in [3.8, 4) is 0 Å². The van der Waals surface area contributed by atoms with Crippen molar-refractivity contribution in [1.29, 1.82) is 0 Å². The zero-order valence-electron chi connectivity index (χ0n) is 21.5. The number of hydrogen-bond acceptors (Lipinski definition) is 3. The molecule has 0 bridgehead atoms. The molecule has 1 N–H and O–H groups in total. The molecule has 0 aromatic heterocycles. The average molecular weight is 504 g/mol. The van der Waals surface area contributed by atoms with Crippen LogP contribution in [0.3, 0.4) is 0 Å². The second-order valence-electron chi connectivity index (χ2n) is 8.90. The molecular weight excluding hydrogens is 466 g/mol. The molecule has 0 spiro atoms. The summed E-state index contributed by atoms with van der Waals surface area (Å²) in [6.07, 6.45) is 3.91. The molecule has 3 aromatic carbocycles. The first kappa shape index (κ1) is 27.3. The lowest BCUT2D eigenvalue weighted by atomic mass is 10.1. The summed E-state index contributed by atoms with van der Waals surface area (Å²) < 4.78 is 0. The Morgan fingerprint density at radius 3 is 2.06 bits per heavy atom. The van der Waals surface area contributed by atoms with Crippen LogP contribution in [0.25, 0.3) is 0 Å². The van der Waals surface area contributed by atoms with Gasteiger partial charge in [-0.2, -0.15) is 0 Å². The third kappa shape index (κ3) is 8.45. The van der Waals surface area contributed by atoms with E-state index in [4.69, 9.17) is 0 Å². The Hall–Kier alpha value is -3.25. The molecule has 36 heavy (non-hydrogen) atoms. The van der Waals surface area contributed by atoms with Gasteiger partial charge in [0.15, 0.2) is 0 Å². The summed E-state index contributed by atoms with van der Waals surface area (Å²) in [5.74, 6) is 0.0558. The van der Waals surface area contributed by atoms with Crippen molar-refractivity contribution in [3.05, 3.63) is 96.1 Å². The van der Waals surface area contributed by atoms with Gasteiger partial charge in [-0.25, -0.2) is 4.79 Å². The number of rotatable bonds is 12. The fraction of sp³-hybridized carbons (Fsp3) is 0.333. The molecule has 0 heterocycles. The van der Waals surface area contributed by atoms with E-state index in [0.29, 0.717) is 19.6 Å². The molecule has 0 saturated heterocycles. The third-order valence-corrected chi connectivity index (χ3v) is 7.12. The normalized spacial score (nSPS) is 11.5. The summed E-state index contributed by atoms with van der Waals surface area (Å²) in [5, 5.41) is 3.00. The fourth-order valence-electron chi connectivity index (χ4n) is 3.99. The maximum atomic E-state index is 13.4. The second-order valence-corrected chi connectivity index (χ2v) is 9.78. The van der Waals surface area contributed by atoms with Gasteiger partial charge in [-0.05, 0) is 61.4 Å². The number of carbonyl (C=O) groups excluding carboxylic acids is 2. The van der Waals surface area contributed by atoms with Crippen LogP contribution in [0.5, 0.6) is 0 Å². The predicted molar refractivity (Wildman–Crippen MR) is 150 cm³/mol. The Balaban J connectivity index is 1.66. The van der Waals surface area contributed by atoms with Crippen molar-refractivity contribution in [2.45, 2.75) is 50.6 Å². The van der Waals surface area contributed by atoms with Gasteiger partial charge in [0.25, 0.3) is 0 Å². The summed E-state index contributed by atoms with van der Waals surface area (Å²) in [6.45, 7) is 5.65. The number of carbonyl (C=O) groups is 2. The number of hydrogen-bond donors (Lipinski definition) is 1. The lowest BCUT2D eigenvalue weighted by Gasteiger charge is -2.30. The molecule has 0 fully saturated rings. The van der Waals surface area contributed by atoms with Gasteiger partial charge in [-0.3, -0.25) is 4.79 Å². The number of nitrogens with zero attached hydrogens (tertiary/aromatic N) is 2. The highest BCUT2D eigenvalue weighted by Gasteiger charge is 2.22. The molecule has 0 radical (unpaired) electrons. The molecule has 0 aliphatic rings. The Labute approximate surface area is 219 Å². The van der Waals surface area contributed by atoms with E-state index in [0.717, 1.165) is 29.0 Å². The van der Waals surface area contributed by atoms with E-state index in [1.165, 1.54) is 5.56 Å². The summed E-state index contributed by atoms with van der Waals surface area (Å²) in [6, 6.07) is 28.0. The van der Waals surface area contributed by atoms with Crippen LogP contribution in [-0.4, -0.2) is 47.1 Å². The van der Waals surface area contributed by atoms with E-state index in [1.807, 2.05) is 90.9 Å². The van der Waals surface area contributed by atoms with Gasteiger partial charge in [0.1, 0.15) is 0 Å². The highest BCUT2D eigenvalue weighted by atomic mass is 32.2. The second kappa shape index (κ2) is 14.3. The molecule has 1 unspecified atom stereocenters. The lowest BCUT2D eigenvalue weighted by molar-refractivity contribution is -0.132. The Morgan fingerprint density at radius 1 is 0.861 bits per heavy atom. The van der Waals surface area contributed by atoms with Crippen LogP contribution in [0.2, 0.25) is 0 Å². The molecule has 3 amide bonds. The van der Waals surface area contributed by atoms with Crippen molar-refractivity contribution in [1.82, 2.24) is 9.80 Å². The monoisotopic (exact) mass is 503 g/mol. The topological polar surface area (TPSA) is 52.7 Å². The SMILES string of the molecule is CCC(C)N(CCC(=O)N(CCc1ccccc1)Cc1ccccc1)C(=O)Nc1ccc(SC)cc1. The maximum absolute atomic E-state index is 13.4. The molecular formula is C30H37N3O2S. The van der Waals surface area contributed by atoms with Gasteiger partial charge in [0.05, 0.1) is 0 Å². The zero-order valence-corrected chi connectivity index (χ0v) is 22.3. The molecule has 5 nitrogen and oxygen atoms in total. The molecule has 1 atom stereocenters. The number of thioether (sulfide) groups is 1. The quantitative estimate of drug-likeness (QED) is 0.280. The molecule has 6 heteroatoms. The van der Waals surface area contributed by atoms with Crippen LogP contribution in [0, 0.1) is 0 Å². The molecule has 0 aliphatic carbocycles. The maximum Gasteiger partial charge on any atom is 0.322 e. The standard InChI is InChI=1S/C30H37N3O2S/c1-4-24(2)33(30(35)31-27-15-17-28(36-3)18-16-27)22-20-29(34)32(23-26-13-9-6-10-14-26)21-19-25-11-7-5-8-12-25/h5-18,24H,4,19-23H2,1-3H3,(H,31,35). The number of benzene rings is 3. The van der Waals surface area contributed by atoms with E-state index in [1.54, 1.807) is 16.7 Å². The van der Waals surface area contributed by atoms with E-state index >= 15 is 0 Å². The van der Waals surface area contributed by atoms with Gasteiger partial charge < -0.3 is 15.1 Å². The van der Waals surface area contributed by atoms with E-state index < -0.39 is 0 Å². The Kier molecular flexibility index (Phi) is 10.9. The van der Waals surface area contributed by atoms with Crippen molar-refractivity contribution in [2.24, 2.45) is 0 Å². The Bertz CT molecular complexity index is 1070. The number of anilines is 1.